The van der Waals surface area contributed by atoms with Crippen LogP contribution in [0.5, 0.6) is 5.75 Å². The highest BCUT2D eigenvalue weighted by Crippen LogP contribution is 2.44. The number of halogens is 2. The van der Waals surface area contributed by atoms with Gasteiger partial charge in [0.15, 0.2) is 17.3 Å². The summed E-state index contributed by atoms with van der Waals surface area (Å²) >= 11 is 6.14. The zero-order chi connectivity index (χ0) is 35.4. The number of methoxy groups -OCH3 is 1. The number of primary amides is 1. The smallest absolute Gasteiger partial charge is 0.341 e. The molecular weight excluding hydrogens is 671 g/mol. The lowest BCUT2D eigenvalue weighted by atomic mass is 9.97. The Morgan fingerprint density at radius 1 is 1.18 bits per heavy atom. The SMILES string of the molecule is COc1c(N2CCN(Cc3cn(CCC4C(=O)/C(=N\C(N)=O)c5cc(Cl)ccc54)nn3)C(C)C2)c(F)cc2c(=O)c(C(=O)O)cn(C3CC3)c12. The Morgan fingerprint density at radius 3 is 2.64 bits per heavy atom. The van der Waals surface area contributed by atoms with Crippen LogP contribution >= 0.6 is 11.6 Å². The molecule has 3 N–H and O–H groups in total. The van der Waals surface area contributed by atoms with Crippen molar-refractivity contribution in [2.45, 2.75) is 57.3 Å². The number of carbonyl (C=O) groups is 3. The zero-order valence-electron chi connectivity index (χ0n) is 27.3. The van der Waals surface area contributed by atoms with Crippen LogP contribution in [0.2, 0.25) is 5.02 Å². The van der Waals surface area contributed by atoms with Crippen molar-refractivity contribution in [1.29, 1.82) is 0 Å². The number of carboxylic acids is 1. The monoisotopic (exact) mass is 704 g/mol. The predicted molar refractivity (Wildman–Crippen MR) is 182 cm³/mol. The number of carboxylic acid groups (broad SMARTS) is 1. The van der Waals surface area contributed by atoms with Gasteiger partial charge in [-0.1, -0.05) is 22.9 Å². The summed E-state index contributed by atoms with van der Waals surface area (Å²) in [7, 11) is 1.43. The highest BCUT2D eigenvalue weighted by Gasteiger charge is 2.37. The van der Waals surface area contributed by atoms with Crippen molar-refractivity contribution >= 4 is 51.7 Å². The van der Waals surface area contributed by atoms with E-state index in [4.69, 9.17) is 22.1 Å². The van der Waals surface area contributed by atoms with Gasteiger partial charge in [0, 0.05) is 67.8 Å². The molecule has 14 nitrogen and oxygen atoms in total. The number of nitrogens with two attached hydrogens (primary N) is 1. The highest BCUT2D eigenvalue weighted by molar-refractivity contribution is 6.52. The Morgan fingerprint density at radius 2 is 1.96 bits per heavy atom. The fourth-order valence-corrected chi connectivity index (χ4v) is 7.31. The minimum atomic E-state index is -1.36. The standard InChI is InChI=1S/C34H34ClFN8O6/c1-17-13-42(29-26(36)12-24-28(32(29)50-2)44(20-4-5-20)16-25(30(24)45)33(47)48)10-9-41(17)14-19-15-43(40-39-19)8-7-22-21-6-3-18(35)11-23(21)27(31(22)46)38-34(37)49/h3,6,11-12,15-17,20,22H,4-5,7-10,13-14H2,1-2H3,(H2,37,49)(H,47,48)/b38-27-. The summed E-state index contributed by atoms with van der Waals surface area (Å²) in [5, 5.41) is 18.6. The Kier molecular flexibility index (Phi) is 8.64. The van der Waals surface area contributed by atoms with Crippen molar-refractivity contribution in [3.05, 3.63) is 80.1 Å². The van der Waals surface area contributed by atoms with E-state index in [0.29, 0.717) is 55.2 Å². The predicted octanol–water partition coefficient (Wildman–Crippen LogP) is 3.76. The van der Waals surface area contributed by atoms with Crippen LogP contribution in [0.4, 0.5) is 14.9 Å². The fourth-order valence-electron chi connectivity index (χ4n) is 7.14. The van der Waals surface area contributed by atoms with Crippen LogP contribution in [0.1, 0.15) is 65.3 Å². The molecule has 2 amide bonds. The van der Waals surface area contributed by atoms with E-state index >= 15 is 4.39 Å². The number of hydrogen-bond donors (Lipinski definition) is 2. The molecule has 3 heterocycles. The van der Waals surface area contributed by atoms with Gasteiger partial charge in [0.05, 0.1) is 29.6 Å². The lowest BCUT2D eigenvalue weighted by Gasteiger charge is -2.41. The van der Waals surface area contributed by atoms with Gasteiger partial charge in [0.2, 0.25) is 5.43 Å². The van der Waals surface area contributed by atoms with E-state index in [1.54, 1.807) is 27.4 Å². The van der Waals surface area contributed by atoms with E-state index in [0.717, 1.165) is 30.2 Å². The number of Topliss-reactive ketones (excluding diaryl/α,β-unsaturated/α-hetero) is 1. The summed E-state index contributed by atoms with van der Waals surface area (Å²) in [6.07, 6.45) is 5.21. The molecule has 2 aliphatic carbocycles. The lowest BCUT2D eigenvalue weighted by Crippen LogP contribution is -2.51. The summed E-state index contributed by atoms with van der Waals surface area (Å²) in [5.41, 5.74) is 6.72. The number of fused-ring (bicyclic) bond motifs is 2. The first-order valence-corrected chi connectivity index (χ1v) is 16.6. The Hall–Kier alpha value is -5.15. The average molecular weight is 705 g/mol. The van der Waals surface area contributed by atoms with Crippen LogP contribution in [0.15, 0.2) is 46.4 Å². The number of pyridine rings is 1. The number of ketones is 1. The molecule has 16 heteroatoms. The lowest BCUT2D eigenvalue weighted by molar-refractivity contribution is -0.114. The molecule has 2 unspecified atom stereocenters. The van der Waals surface area contributed by atoms with E-state index in [9.17, 15) is 24.3 Å². The number of hydrogen-bond acceptors (Lipinski definition) is 9. The largest absolute Gasteiger partial charge is 0.492 e. The second-order valence-corrected chi connectivity index (χ2v) is 13.4. The zero-order valence-corrected chi connectivity index (χ0v) is 28.1. The van der Waals surface area contributed by atoms with Crippen LogP contribution in [0.3, 0.4) is 0 Å². The molecule has 1 aliphatic heterocycles. The minimum absolute atomic E-state index is 0.00862. The van der Waals surface area contributed by atoms with Crippen molar-refractivity contribution in [2.24, 2.45) is 10.7 Å². The molecule has 1 saturated carbocycles. The van der Waals surface area contributed by atoms with Crippen molar-refractivity contribution in [2.75, 3.05) is 31.6 Å². The van der Waals surface area contributed by atoms with Crippen LogP contribution < -0.4 is 20.8 Å². The summed E-state index contributed by atoms with van der Waals surface area (Å²) < 4.78 is 25.0. The maximum absolute atomic E-state index is 15.9. The molecule has 2 aromatic heterocycles. The molecule has 0 radical (unpaired) electrons. The van der Waals surface area contributed by atoms with Gasteiger partial charge in [0.25, 0.3) is 0 Å². The molecule has 50 heavy (non-hydrogen) atoms. The molecule has 7 rings (SSSR count). The summed E-state index contributed by atoms with van der Waals surface area (Å²) in [5.74, 6) is -2.63. The van der Waals surface area contributed by atoms with Crippen molar-refractivity contribution < 1.29 is 28.6 Å². The van der Waals surface area contributed by atoms with Gasteiger partial charge in [-0.3, -0.25) is 19.2 Å². The number of rotatable bonds is 9. The van der Waals surface area contributed by atoms with E-state index in [1.807, 2.05) is 18.0 Å². The normalized spacial score (nSPS) is 20.1. The first kappa shape index (κ1) is 33.4. The van der Waals surface area contributed by atoms with E-state index in [1.165, 1.54) is 13.3 Å². The molecule has 1 saturated heterocycles. The number of urea groups is 1. The van der Waals surface area contributed by atoms with Crippen LogP contribution in [-0.4, -0.2) is 85.8 Å². The van der Waals surface area contributed by atoms with Gasteiger partial charge in [-0.15, -0.1) is 5.10 Å². The Bertz CT molecular complexity index is 2160. The van der Waals surface area contributed by atoms with Gasteiger partial charge in [-0.25, -0.2) is 14.0 Å². The molecule has 2 aromatic carbocycles. The minimum Gasteiger partial charge on any atom is -0.492 e. The molecule has 0 bridgehead atoms. The molecule has 260 valence electrons. The number of benzene rings is 2. The van der Waals surface area contributed by atoms with E-state index < -0.39 is 34.7 Å². The van der Waals surface area contributed by atoms with Gasteiger partial charge in [-0.2, -0.15) is 4.99 Å². The number of carbonyl (C=O) groups excluding carboxylic acids is 2. The Labute approximate surface area is 289 Å². The van der Waals surface area contributed by atoms with Crippen molar-refractivity contribution in [1.82, 2.24) is 24.5 Å². The summed E-state index contributed by atoms with van der Waals surface area (Å²) in [4.78, 5) is 57.4. The number of nitrogens with zero attached hydrogens (tertiary/aromatic N) is 7. The summed E-state index contributed by atoms with van der Waals surface area (Å²) in [6, 6.07) is 5.22. The number of ether oxygens (including phenoxy) is 1. The molecule has 2 atom stereocenters. The number of piperazine rings is 1. The van der Waals surface area contributed by atoms with Crippen LogP contribution in [0, 0.1) is 5.82 Å². The van der Waals surface area contributed by atoms with Crippen LogP contribution in [-0.2, 0) is 17.9 Å². The van der Waals surface area contributed by atoms with E-state index in [-0.39, 0.29) is 40.4 Å². The molecular formula is C34H34ClFN8O6. The molecule has 0 spiro atoms. The van der Waals surface area contributed by atoms with Crippen LogP contribution in [0.25, 0.3) is 10.9 Å². The third-order valence-electron chi connectivity index (χ3n) is 9.67. The maximum Gasteiger partial charge on any atom is 0.341 e. The number of aliphatic imine (C=N–C) groups is 1. The van der Waals surface area contributed by atoms with Gasteiger partial charge in [-0.05, 0) is 49.9 Å². The highest BCUT2D eigenvalue weighted by atomic mass is 35.5. The summed E-state index contributed by atoms with van der Waals surface area (Å²) in [6.45, 7) is 4.39. The molecule has 2 fully saturated rings. The first-order valence-electron chi connectivity index (χ1n) is 16.2. The number of aromatic carboxylic acids is 1. The third-order valence-corrected chi connectivity index (χ3v) is 9.91. The number of amides is 2. The number of anilines is 1. The fraction of sp³-hybridized carbons (Fsp3) is 0.382. The number of aryl methyl sites for hydroxylation is 1. The topological polar surface area (TPSA) is 178 Å². The van der Waals surface area contributed by atoms with E-state index in [2.05, 4.69) is 20.2 Å². The third kappa shape index (κ3) is 6.00. The van der Waals surface area contributed by atoms with Gasteiger partial charge < -0.3 is 25.0 Å². The number of aromatic nitrogens is 4. The van der Waals surface area contributed by atoms with Crippen molar-refractivity contribution in [3.8, 4) is 5.75 Å². The van der Waals surface area contributed by atoms with Gasteiger partial charge >= 0.3 is 12.0 Å². The maximum atomic E-state index is 15.9. The van der Waals surface area contributed by atoms with Gasteiger partial charge in [0.1, 0.15) is 17.0 Å². The molecule has 3 aliphatic rings. The quantitative estimate of drug-likeness (QED) is 0.261. The molecule has 4 aromatic rings. The Balaban J connectivity index is 1.05. The second kappa shape index (κ2) is 12.9. The average Bonchev–Trinajstić information content (AvgIpc) is 3.77. The second-order valence-electron chi connectivity index (χ2n) is 12.9. The first-order chi connectivity index (χ1) is 23.9. The van der Waals surface area contributed by atoms with Crippen molar-refractivity contribution in [3.63, 3.8) is 0 Å².